The molecule has 1 heterocycles. The molecular weight excluding hydrogens is 174 g/mol. The summed E-state index contributed by atoms with van der Waals surface area (Å²) in [4.78, 5) is 2.27. The molecule has 76 valence electrons. The van der Waals surface area contributed by atoms with E-state index in [0.29, 0.717) is 6.04 Å². The minimum atomic E-state index is -0.215. The minimum absolute atomic E-state index is 0.215. The van der Waals surface area contributed by atoms with Crippen LogP contribution in [0, 0.1) is 0 Å². The van der Waals surface area contributed by atoms with E-state index in [1.165, 1.54) is 11.3 Å². The van der Waals surface area contributed by atoms with Gasteiger partial charge in [-0.05, 0) is 25.5 Å². The Morgan fingerprint density at radius 3 is 2.79 bits per heavy atom. The van der Waals surface area contributed by atoms with Crippen molar-refractivity contribution < 1.29 is 5.11 Å². The summed E-state index contributed by atoms with van der Waals surface area (Å²) in [5.41, 5.74) is 2.55. The lowest BCUT2D eigenvalue weighted by Crippen LogP contribution is -2.42. The summed E-state index contributed by atoms with van der Waals surface area (Å²) in [7, 11) is 0. The summed E-state index contributed by atoms with van der Waals surface area (Å²) in [6.45, 7) is 5.08. The van der Waals surface area contributed by atoms with E-state index in [2.05, 4.69) is 36.9 Å². The third kappa shape index (κ3) is 1.62. The van der Waals surface area contributed by atoms with Gasteiger partial charge in [-0.25, -0.2) is 0 Å². The van der Waals surface area contributed by atoms with Crippen LogP contribution in [0.3, 0.4) is 0 Å². The first-order chi connectivity index (χ1) is 6.68. The van der Waals surface area contributed by atoms with Crippen LogP contribution in [0.15, 0.2) is 24.3 Å². The maximum Gasteiger partial charge on any atom is 0.0756 e. The van der Waals surface area contributed by atoms with E-state index in [-0.39, 0.29) is 6.10 Å². The Balaban J connectivity index is 2.38. The van der Waals surface area contributed by atoms with Crippen LogP contribution < -0.4 is 4.90 Å². The van der Waals surface area contributed by atoms with E-state index in [4.69, 9.17) is 0 Å². The number of nitrogens with zero attached hydrogens (tertiary/aromatic N) is 1. The van der Waals surface area contributed by atoms with Gasteiger partial charge in [-0.2, -0.15) is 0 Å². The van der Waals surface area contributed by atoms with Crippen LogP contribution in [-0.4, -0.2) is 23.8 Å². The Bertz CT molecular complexity index is 322. The molecule has 0 saturated heterocycles. The van der Waals surface area contributed by atoms with Crippen molar-refractivity contribution in [1.82, 2.24) is 0 Å². The Kier molecular flexibility index (Phi) is 2.46. The second-order valence-electron chi connectivity index (χ2n) is 4.23. The fourth-order valence-corrected chi connectivity index (χ4v) is 2.10. The number of benzene rings is 1. The van der Waals surface area contributed by atoms with Gasteiger partial charge in [-0.3, -0.25) is 0 Å². The molecule has 1 N–H and O–H groups in total. The molecule has 0 bridgehead atoms. The molecule has 0 amide bonds. The van der Waals surface area contributed by atoms with Gasteiger partial charge >= 0.3 is 0 Å². The van der Waals surface area contributed by atoms with Gasteiger partial charge in [0.25, 0.3) is 0 Å². The summed E-state index contributed by atoms with van der Waals surface area (Å²) < 4.78 is 0. The molecule has 1 unspecified atom stereocenters. The number of aliphatic hydroxyl groups is 1. The Labute approximate surface area is 85.2 Å². The maximum atomic E-state index is 9.73. The SMILES string of the molecule is CC(C)N1CC(O)Cc2ccccc21. The summed E-state index contributed by atoms with van der Waals surface area (Å²) >= 11 is 0. The van der Waals surface area contributed by atoms with Crippen LogP contribution in [0.4, 0.5) is 5.69 Å². The second kappa shape index (κ2) is 3.62. The Hall–Kier alpha value is -1.02. The summed E-state index contributed by atoms with van der Waals surface area (Å²) in [5, 5.41) is 9.73. The zero-order valence-electron chi connectivity index (χ0n) is 8.77. The molecule has 14 heavy (non-hydrogen) atoms. The Morgan fingerprint density at radius 1 is 1.36 bits per heavy atom. The Morgan fingerprint density at radius 2 is 2.07 bits per heavy atom. The van der Waals surface area contributed by atoms with Crippen LogP contribution >= 0.6 is 0 Å². The third-order valence-corrected chi connectivity index (χ3v) is 2.79. The molecule has 1 aromatic carbocycles. The van der Waals surface area contributed by atoms with Crippen LogP contribution in [-0.2, 0) is 6.42 Å². The largest absolute Gasteiger partial charge is 0.391 e. The van der Waals surface area contributed by atoms with E-state index >= 15 is 0 Å². The highest BCUT2D eigenvalue weighted by Gasteiger charge is 2.23. The molecule has 2 rings (SSSR count). The number of para-hydroxylation sites is 1. The predicted molar refractivity (Wildman–Crippen MR) is 58.6 cm³/mol. The van der Waals surface area contributed by atoms with Crippen molar-refractivity contribution in [3.8, 4) is 0 Å². The molecule has 0 aliphatic carbocycles. The quantitative estimate of drug-likeness (QED) is 0.732. The fourth-order valence-electron chi connectivity index (χ4n) is 2.10. The third-order valence-electron chi connectivity index (χ3n) is 2.79. The zero-order chi connectivity index (χ0) is 10.1. The summed E-state index contributed by atoms with van der Waals surface area (Å²) in [5.74, 6) is 0. The van der Waals surface area contributed by atoms with Crippen molar-refractivity contribution in [2.45, 2.75) is 32.4 Å². The van der Waals surface area contributed by atoms with Gasteiger partial charge in [0.15, 0.2) is 0 Å². The van der Waals surface area contributed by atoms with Gasteiger partial charge < -0.3 is 10.0 Å². The van der Waals surface area contributed by atoms with E-state index in [9.17, 15) is 5.11 Å². The molecule has 0 radical (unpaired) electrons. The highest BCUT2D eigenvalue weighted by Crippen LogP contribution is 2.28. The number of anilines is 1. The van der Waals surface area contributed by atoms with E-state index < -0.39 is 0 Å². The molecular formula is C12H17NO. The topological polar surface area (TPSA) is 23.5 Å². The molecule has 0 fully saturated rings. The highest BCUT2D eigenvalue weighted by molar-refractivity contribution is 5.56. The van der Waals surface area contributed by atoms with Gasteiger partial charge in [0, 0.05) is 24.7 Å². The molecule has 0 aromatic heterocycles. The van der Waals surface area contributed by atoms with Gasteiger partial charge in [-0.15, -0.1) is 0 Å². The average molecular weight is 191 g/mol. The molecule has 1 aliphatic heterocycles. The van der Waals surface area contributed by atoms with Gasteiger partial charge in [0.2, 0.25) is 0 Å². The molecule has 0 spiro atoms. The van der Waals surface area contributed by atoms with Crippen molar-refractivity contribution >= 4 is 5.69 Å². The van der Waals surface area contributed by atoms with Crippen molar-refractivity contribution in [1.29, 1.82) is 0 Å². The standard InChI is InChI=1S/C12H17NO/c1-9(2)13-8-11(14)7-10-5-3-4-6-12(10)13/h3-6,9,11,14H,7-8H2,1-2H3. The number of β-amino-alcohol motifs (C(OH)–C–C–N with tert-alkyl or cyclic N) is 1. The van der Waals surface area contributed by atoms with Crippen molar-refractivity contribution in [3.05, 3.63) is 29.8 Å². The maximum absolute atomic E-state index is 9.73. The van der Waals surface area contributed by atoms with Gasteiger partial charge in [-0.1, -0.05) is 18.2 Å². The summed E-state index contributed by atoms with van der Waals surface area (Å²) in [6.07, 6.45) is 0.576. The number of hydrogen-bond acceptors (Lipinski definition) is 2. The predicted octanol–water partition coefficient (Wildman–Crippen LogP) is 1.82. The van der Waals surface area contributed by atoms with Crippen LogP contribution in [0.5, 0.6) is 0 Å². The number of rotatable bonds is 1. The molecule has 1 aromatic rings. The van der Waals surface area contributed by atoms with Crippen LogP contribution in [0.25, 0.3) is 0 Å². The zero-order valence-corrected chi connectivity index (χ0v) is 8.77. The monoisotopic (exact) mass is 191 g/mol. The number of hydrogen-bond donors (Lipinski definition) is 1. The second-order valence-corrected chi connectivity index (χ2v) is 4.23. The minimum Gasteiger partial charge on any atom is -0.391 e. The molecule has 2 heteroatoms. The number of aliphatic hydroxyl groups excluding tert-OH is 1. The molecule has 2 nitrogen and oxygen atoms in total. The fraction of sp³-hybridized carbons (Fsp3) is 0.500. The highest BCUT2D eigenvalue weighted by atomic mass is 16.3. The first-order valence-electron chi connectivity index (χ1n) is 5.21. The van der Waals surface area contributed by atoms with Gasteiger partial charge in [0.05, 0.1) is 6.10 Å². The van der Waals surface area contributed by atoms with Crippen molar-refractivity contribution in [2.75, 3.05) is 11.4 Å². The van der Waals surface area contributed by atoms with E-state index in [0.717, 1.165) is 13.0 Å². The molecule has 1 atom stereocenters. The van der Waals surface area contributed by atoms with E-state index in [1.54, 1.807) is 0 Å². The first-order valence-corrected chi connectivity index (χ1v) is 5.21. The lowest BCUT2D eigenvalue weighted by Gasteiger charge is -2.37. The molecule has 1 aliphatic rings. The van der Waals surface area contributed by atoms with Gasteiger partial charge in [0.1, 0.15) is 0 Å². The first kappa shape index (κ1) is 9.53. The van der Waals surface area contributed by atoms with Crippen molar-refractivity contribution in [3.63, 3.8) is 0 Å². The van der Waals surface area contributed by atoms with Crippen molar-refractivity contribution in [2.24, 2.45) is 0 Å². The number of fused-ring (bicyclic) bond motifs is 1. The lowest BCUT2D eigenvalue weighted by molar-refractivity contribution is 0.173. The summed E-state index contributed by atoms with van der Waals surface area (Å²) in [6, 6.07) is 8.79. The normalized spacial score (nSPS) is 21.1. The average Bonchev–Trinajstić information content (AvgIpc) is 2.16. The molecule has 0 saturated carbocycles. The van der Waals surface area contributed by atoms with Crippen LogP contribution in [0.2, 0.25) is 0 Å². The smallest absolute Gasteiger partial charge is 0.0756 e. The lowest BCUT2D eigenvalue weighted by atomic mass is 9.98. The van der Waals surface area contributed by atoms with E-state index in [1.807, 2.05) is 6.07 Å². The van der Waals surface area contributed by atoms with Crippen LogP contribution in [0.1, 0.15) is 19.4 Å².